The first kappa shape index (κ1) is 19.0. The van der Waals surface area contributed by atoms with Crippen molar-refractivity contribution in [2.24, 2.45) is 14.1 Å². The van der Waals surface area contributed by atoms with Crippen molar-refractivity contribution in [2.75, 3.05) is 5.32 Å². The van der Waals surface area contributed by atoms with Crippen LogP contribution in [0.15, 0.2) is 64.2 Å². The van der Waals surface area contributed by atoms with Gasteiger partial charge in [-0.2, -0.15) is 4.98 Å². The lowest BCUT2D eigenvalue weighted by atomic mass is 10.2. The number of aromatic nitrogens is 4. The van der Waals surface area contributed by atoms with Crippen LogP contribution in [0.4, 0.5) is 5.95 Å². The van der Waals surface area contributed by atoms with Gasteiger partial charge in [-0.25, -0.2) is 4.79 Å². The normalized spacial score (nSPS) is 11.1. The van der Waals surface area contributed by atoms with Crippen LogP contribution in [-0.2, 0) is 27.2 Å². The third-order valence-electron chi connectivity index (χ3n) is 4.93. The molecule has 0 aliphatic carbocycles. The Bertz CT molecular complexity index is 1300. The fourth-order valence-electron chi connectivity index (χ4n) is 3.32. The first-order chi connectivity index (χ1) is 14.0. The second-order valence-corrected chi connectivity index (χ2v) is 7.24. The Balaban J connectivity index is 1.86. The minimum atomic E-state index is -0.412. The second-order valence-electron chi connectivity index (χ2n) is 6.83. The van der Waals surface area contributed by atoms with E-state index in [0.717, 1.165) is 15.7 Å². The van der Waals surface area contributed by atoms with Crippen LogP contribution < -0.4 is 16.6 Å². The summed E-state index contributed by atoms with van der Waals surface area (Å²) in [6.45, 7) is 0.877. The number of nitrogens with zero attached hydrogens (tertiary/aromatic N) is 4. The molecule has 148 valence electrons. The fourth-order valence-corrected chi connectivity index (χ4v) is 3.52. The van der Waals surface area contributed by atoms with Gasteiger partial charge in [0.05, 0.1) is 6.54 Å². The van der Waals surface area contributed by atoms with Gasteiger partial charge < -0.3 is 5.32 Å². The molecule has 0 atom stereocenters. The fraction of sp³-hybridized carbons (Fsp3) is 0.190. The van der Waals surface area contributed by atoms with Gasteiger partial charge in [-0.1, -0.05) is 60.1 Å². The molecule has 0 aliphatic heterocycles. The van der Waals surface area contributed by atoms with Gasteiger partial charge in [0, 0.05) is 25.7 Å². The molecular weight excluding hydrogens is 390 g/mol. The van der Waals surface area contributed by atoms with Crippen molar-refractivity contribution in [3.8, 4) is 0 Å². The molecule has 0 aliphatic rings. The molecule has 29 heavy (non-hydrogen) atoms. The summed E-state index contributed by atoms with van der Waals surface area (Å²) in [4.78, 5) is 29.8. The Labute approximate surface area is 171 Å². The number of benzene rings is 2. The zero-order valence-corrected chi connectivity index (χ0v) is 16.8. The van der Waals surface area contributed by atoms with E-state index in [2.05, 4.69) is 10.3 Å². The van der Waals surface area contributed by atoms with Crippen molar-refractivity contribution in [2.45, 2.75) is 13.1 Å². The summed E-state index contributed by atoms with van der Waals surface area (Å²) in [6.07, 6.45) is 0. The highest BCUT2D eigenvalue weighted by Gasteiger charge is 2.19. The molecule has 0 saturated carbocycles. The van der Waals surface area contributed by atoms with Crippen molar-refractivity contribution in [1.82, 2.24) is 18.7 Å². The zero-order chi connectivity index (χ0) is 20.5. The minimum Gasteiger partial charge on any atom is -0.351 e. The number of fused-ring (bicyclic) bond motifs is 1. The summed E-state index contributed by atoms with van der Waals surface area (Å²) in [5.41, 5.74) is 1.86. The Kier molecular flexibility index (Phi) is 4.98. The highest BCUT2D eigenvalue weighted by atomic mass is 35.5. The molecule has 8 heteroatoms. The molecule has 0 radical (unpaired) electrons. The lowest BCUT2D eigenvalue weighted by Gasteiger charge is -2.12. The average Bonchev–Trinajstić information content (AvgIpc) is 3.09. The molecule has 2 heterocycles. The largest absolute Gasteiger partial charge is 0.351 e. The lowest BCUT2D eigenvalue weighted by Crippen LogP contribution is -2.37. The highest BCUT2D eigenvalue weighted by Crippen LogP contribution is 2.20. The van der Waals surface area contributed by atoms with E-state index in [0.29, 0.717) is 35.2 Å². The molecule has 1 N–H and O–H groups in total. The van der Waals surface area contributed by atoms with Crippen molar-refractivity contribution in [1.29, 1.82) is 0 Å². The SMILES string of the molecule is Cn1c(=O)c2c(nc(NCc3ccccc3Cl)n2Cc2ccccc2)n(C)c1=O. The number of imidazole rings is 1. The van der Waals surface area contributed by atoms with Crippen molar-refractivity contribution >= 4 is 28.7 Å². The maximum absolute atomic E-state index is 12.9. The van der Waals surface area contributed by atoms with Gasteiger partial charge in [0.1, 0.15) is 0 Å². The Hall–Kier alpha value is -3.32. The van der Waals surface area contributed by atoms with Crippen LogP contribution in [0.1, 0.15) is 11.1 Å². The summed E-state index contributed by atoms with van der Waals surface area (Å²) >= 11 is 6.26. The molecule has 0 unspecified atom stereocenters. The van der Waals surface area contributed by atoms with E-state index in [1.165, 1.54) is 11.6 Å². The number of aryl methyl sites for hydroxylation is 1. The molecule has 0 fully saturated rings. The Morgan fingerprint density at radius 1 is 0.966 bits per heavy atom. The van der Waals surface area contributed by atoms with Crippen LogP contribution in [-0.4, -0.2) is 18.7 Å². The van der Waals surface area contributed by atoms with E-state index in [4.69, 9.17) is 11.6 Å². The predicted molar refractivity (Wildman–Crippen MR) is 115 cm³/mol. The molecule has 4 aromatic rings. The quantitative estimate of drug-likeness (QED) is 0.550. The number of hydrogen-bond acceptors (Lipinski definition) is 4. The van der Waals surface area contributed by atoms with Crippen LogP contribution in [0.2, 0.25) is 5.02 Å². The second kappa shape index (κ2) is 7.60. The van der Waals surface area contributed by atoms with Crippen molar-refractivity contribution in [3.05, 3.63) is 91.6 Å². The molecule has 2 aromatic carbocycles. The van der Waals surface area contributed by atoms with Gasteiger partial charge in [0.25, 0.3) is 5.56 Å². The molecule has 0 bridgehead atoms. The van der Waals surface area contributed by atoms with Crippen LogP contribution in [0.3, 0.4) is 0 Å². The van der Waals surface area contributed by atoms with Crippen LogP contribution in [0.25, 0.3) is 11.2 Å². The van der Waals surface area contributed by atoms with E-state index < -0.39 is 5.69 Å². The van der Waals surface area contributed by atoms with E-state index in [1.807, 2.05) is 59.2 Å². The number of rotatable bonds is 5. The molecule has 7 nitrogen and oxygen atoms in total. The summed E-state index contributed by atoms with van der Waals surface area (Å²) < 4.78 is 4.30. The third-order valence-corrected chi connectivity index (χ3v) is 5.30. The lowest BCUT2D eigenvalue weighted by molar-refractivity contribution is 0.702. The summed E-state index contributed by atoms with van der Waals surface area (Å²) in [6, 6.07) is 17.3. The Morgan fingerprint density at radius 3 is 2.38 bits per heavy atom. The number of nitrogens with one attached hydrogen (secondary N) is 1. The molecule has 4 rings (SSSR count). The van der Waals surface area contributed by atoms with Gasteiger partial charge >= 0.3 is 5.69 Å². The maximum atomic E-state index is 12.9. The average molecular weight is 410 g/mol. The zero-order valence-electron chi connectivity index (χ0n) is 16.1. The number of hydrogen-bond donors (Lipinski definition) is 1. The highest BCUT2D eigenvalue weighted by molar-refractivity contribution is 6.31. The first-order valence-electron chi connectivity index (χ1n) is 9.15. The molecular formula is C21H20ClN5O2. The minimum absolute atomic E-state index is 0.343. The van der Waals surface area contributed by atoms with Crippen LogP contribution >= 0.6 is 11.6 Å². The Morgan fingerprint density at radius 2 is 1.66 bits per heavy atom. The first-order valence-corrected chi connectivity index (χ1v) is 9.52. The standard InChI is InChI=1S/C21H20ClN5O2/c1-25-18-17(19(28)26(2)21(25)29)27(13-14-8-4-3-5-9-14)20(24-18)23-12-15-10-6-7-11-16(15)22/h3-11H,12-13H2,1-2H3,(H,23,24). The summed E-state index contributed by atoms with van der Waals surface area (Å²) in [5.74, 6) is 0.502. The topological polar surface area (TPSA) is 73.8 Å². The molecule has 2 aromatic heterocycles. The van der Waals surface area contributed by atoms with Gasteiger partial charge in [-0.3, -0.25) is 18.5 Å². The van der Waals surface area contributed by atoms with E-state index in [9.17, 15) is 9.59 Å². The maximum Gasteiger partial charge on any atom is 0.332 e. The van der Waals surface area contributed by atoms with Gasteiger partial charge in [0.2, 0.25) is 5.95 Å². The number of halogens is 1. The predicted octanol–water partition coefficient (Wildman–Crippen LogP) is 2.75. The van der Waals surface area contributed by atoms with E-state index in [1.54, 1.807) is 7.05 Å². The van der Waals surface area contributed by atoms with E-state index in [-0.39, 0.29) is 5.56 Å². The summed E-state index contributed by atoms with van der Waals surface area (Å²) in [7, 11) is 3.09. The van der Waals surface area contributed by atoms with Crippen LogP contribution in [0, 0.1) is 0 Å². The smallest absolute Gasteiger partial charge is 0.332 e. The summed E-state index contributed by atoms with van der Waals surface area (Å²) in [5, 5.41) is 3.92. The van der Waals surface area contributed by atoms with Crippen molar-refractivity contribution in [3.63, 3.8) is 0 Å². The molecule has 0 spiro atoms. The third kappa shape index (κ3) is 3.45. The van der Waals surface area contributed by atoms with Crippen LogP contribution in [0.5, 0.6) is 0 Å². The van der Waals surface area contributed by atoms with Crippen molar-refractivity contribution < 1.29 is 0 Å². The van der Waals surface area contributed by atoms with E-state index >= 15 is 0 Å². The van der Waals surface area contributed by atoms with Gasteiger partial charge in [-0.05, 0) is 17.2 Å². The van der Waals surface area contributed by atoms with Gasteiger partial charge in [-0.15, -0.1) is 0 Å². The van der Waals surface area contributed by atoms with Gasteiger partial charge in [0.15, 0.2) is 11.2 Å². The monoisotopic (exact) mass is 409 g/mol. The number of anilines is 1. The molecule has 0 saturated heterocycles. The molecule has 0 amide bonds.